The van der Waals surface area contributed by atoms with Gasteiger partial charge in [-0.15, -0.1) is 0 Å². The third kappa shape index (κ3) is 4.46. The summed E-state index contributed by atoms with van der Waals surface area (Å²) in [6, 6.07) is 1.60. The van der Waals surface area contributed by atoms with Crippen LogP contribution in [-0.4, -0.2) is 48.6 Å². The summed E-state index contributed by atoms with van der Waals surface area (Å²) in [7, 11) is 2.26. The molecular weight excluding hydrogens is 228 g/mol. The first kappa shape index (κ1) is 13.7. The molecule has 2 rings (SSSR count). The van der Waals surface area contributed by atoms with Crippen molar-refractivity contribution >= 4 is 11.8 Å². The Hall–Kier alpha value is 0.270. The van der Waals surface area contributed by atoms with E-state index >= 15 is 0 Å². The van der Waals surface area contributed by atoms with Crippen LogP contribution in [0.3, 0.4) is 0 Å². The lowest BCUT2D eigenvalue weighted by molar-refractivity contribution is 0.314. The number of hydrogen-bond acceptors (Lipinski definition) is 3. The van der Waals surface area contributed by atoms with Crippen LogP contribution in [0.2, 0.25) is 0 Å². The summed E-state index contributed by atoms with van der Waals surface area (Å²) in [6.07, 6.45) is 12.0. The van der Waals surface area contributed by atoms with Crippen molar-refractivity contribution in [2.75, 3.05) is 26.4 Å². The molecule has 2 nitrogen and oxygen atoms in total. The van der Waals surface area contributed by atoms with Gasteiger partial charge in [0.05, 0.1) is 0 Å². The van der Waals surface area contributed by atoms with E-state index in [4.69, 9.17) is 0 Å². The molecule has 1 saturated carbocycles. The van der Waals surface area contributed by atoms with Crippen LogP contribution < -0.4 is 5.32 Å². The molecule has 1 aliphatic carbocycles. The summed E-state index contributed by atoms with van der Waals surface area (Å²) in [5.41, 5.74) is 0. The van der Waals surface area contributed by atoms with Crippen LogP contribution in [-0.2, 0) is 0 Å². The summed E-state index contributed by atoms with van der Waals surface area (Å²) in [5, 5.41) is 4.87. The molecule has 0 radical (unpaired) electrons. The Balaban J connectivity index is 1.70. The maximum Gasteiger partial charge on any atom is 0.00823 e. The highest BCUT2D eigenvalue weighted by molar-refractivity contribution is 7.99. The van der Waals surface area contributed by atoms with Crippen molar-refractivity contribution in [2.24, 2.45) is 0 Å². The smallest absolute Gasteiger partial charge is 0.00823 e. The Labute approximate surface area is 111 Å². The monoisotopic (exact) mass is 256 g/mol. The number of thioether (sulfide) groups is 1. The highest BCUT2D eigenvalue weighted by Crippen LogP contribution is 2.27. The lowest BCUT2D eigenvalue weighted by Crippen LogP contribution is -2.41. The Bertz CT molecular complexity index is 214. The molecule has 0 aromatic rings. The minimum absolute atomic E-state index is 0.788. The van der Waals surface area contributed by atoms with Crippen LogP contribution in [0.4, 0.5) is 0 Å². The van der Waals surface area contributed by atoms with Crippen molar-refractivity contribution in [3.63, 3.8) is 0 Å². The molecule has 1 aliphatic heterocycles. The van der Waals surface area contributed by atoms with E-state index in [1.807, 2.05) is 0 Å². The van der Waals surface area contributed by atoms with E-state index in [-0.39, 0.29) is 0 Å². The number of likely N-dealkylation sites (tertiary alicyclic amines) is 1. The molecule has 2 aliphatic rings. The topological polar surface area (TPSA) is 15.3 Å². The molecule has 1 atom stereocenters. The number of hydrogen-bond donors (Lipinski definition) is 1. The van der Waals surface area contributed by atoms with E-state index in [2.05, 4.69) is 35.3 Å². The minimum atomic E-state index is 0.788. The third-order valence-corrected chi connectivity index (χ3v) is 5.57. The molecule has 0 spiro atoms. The first-order valence-corrected chi connectivity index (χ1v) is 8.54. The van der Waals surface area contributed by atoms with E-state index in [1.54, 1.807) is 0 Å². The van der Waals surface area contributed by atoms with Gasteiger partial charge in [0.1, 0.15) is 0 Å². The zero-order chi connectivity index (χ0) is 12.1. The average molecular weight is 256 g/mol. The van der Waals surface area contributed by atoms with Gasteiger partial charge in [-0.3, -0.25) is 0 Å². The fourth-order valence-electron chi connectivity index (χ4n) is 3.21. The van der Waals surface area contributed by atoms with Crippen LogP contribution in [0.15, 0.2) is 0 Å². The van der Waals surface area contributed by atoms with Crippen LogP contribution in [0.1, 0.15) is 44.9 Å². The third-order valence-electron chi connectivity index (χ3n) is 4.43. The van der Waals surface area contributed by atoms with Crippen molar-refractivity contribution < 1.29 is 0 Å². The van der Waals surface area contributed by atoms with E-state index in [0.29, 0.717) is 0 Å². The lowest BCUT2D eigenvalue weighted by atomic mass is 9.93. The summed E-state index contributed by atoms with van der Waals surface area (Å²) < 4.78 is 0. The predicted octanol–water partition coefficient (Wildman–Crippen LogP) is 2.73. The molecule has 0 aromatic heterocycles. The van der Waals surface area contributed by atoms with Crippen LogP contribution >= 0.6 is 11.8 Å². The number of nitrogens with one attached hydrogen (secondary N) is 1. The van der Waals surface area contributed by atoms with E-state index in [1.165, 1.54) is 58.0 Å². The molecule has 1 N–H and O–H groups in total. The molecule has 17 heavy (non-hydrogen) atoms. The summed E-state index contributed by atoms with van der Waals surface area (Å²) in [5.74, 6) is 0. The standard InChI is InChI=1S/C14H28N2S/c1-16-10-3-4-12(9-11-16)15-13-5-7-14(17-2)8-6-13/h12-15H,3-11H2,1-2H3. The molecule has 1 unspecified atom stereocenters. The largest absolute Gasteiger partial charge is 0.311 e. The van der Waals surface area contributed by atoms with Gasteiger partial charge in [0, 0.05) is 17.3 Å². The van der Waals surface area contributed by atoms with E-state index < -0.39 is 0 Å². The molecule has 3 heteroatoms. The SMILES string of the molecule is CSC1CCC(NC2CCCN(C)CC2)CC1. The Morgan fingerprint density at radius 1 is 0.941 bits per heavy atom. The zero-order valence-electron chi connectivity index (χ0n) is 11.5. The maximum absolute atomic E-state index is 3.93. The van der Waals surface area contributed by atoms with Gasteiger partial charge in [0.15, 0.2) is 0 Å². The highest BCUT2D eigenvalue weighted by atomic mass is 32.2. The second-order valence-corrected chi connectivity index (χ2v) is 6.95. The summed E-state index contributed by atoms with van der Waals surface area (Å²) in [4.78, 5) is 2.48. The van der Waals surface area contributed by atoms with Gasteiger partial charge in [-0.05, 0) is 71.3 Å². The fourth-order valence-corrected chi connectivity index (χ4v) is 3.95. The first-order valence-electron chi connectivity index (χ1n) is 7.25. The summed E-state index contributed by atoms with van der Waals surface area (Å²) in [6.45, 7) is 2.56. The van der Waals surface area contributed by atoms with Gasteiger partial charge in [-0.25, -0.2) is 0 Å². The van der Waals surface area contributed by atoms with Gasteiger partial charge >= 0.3 is 0 Å². The predicted molar refractivity (Wildman–Crippen MR) is 77.8 cm³/mol. The molecule has 0 amide bonds. The Kier molecular flexibility index (Phi) is 5.64. The van der Waals surface area contributed by atoms with Crippen molar-refractivity contribution in [3.05, 3.63) is 0 Å². The molecule has 2 fully saturated rings. The van der Waals surface area contributed by atoms with Gasteiger partial charge in [0.2, 0.25) is 0 Å². The molecule has 0 aromatic carbocycles. The number of rotatable bonds is 3. The second kappa shape index (κ2) is 7.01. The summed E-state index contributed by atoms with van der Waals surface area (Å²) >= 11 is 2.06. The quantitative estimate of drug-likeness (QED) is 0.836. The van der Waals surface area contributed by atoms with E-state index in [9.17, 15) is 0 Å². The maximum atomic E-state index is 3.93. The van der Waals surface area contributed by atoms with Crippen molar-refractivity contribution in [2.45, 2.75) is 62.3 Å². The molecule has 0 bridgehead atoms. The van der Waals surface area contributed by atoms with E-state index in [0.717, 1.165) is 17.3 Å². The normalized spacial score (nSPS) is 36.7. The zero-order valence-corrected chi connectivity index (χ0v) is 12.3. The van der Waals surface area contributed by atoms with Gasteiger partial charge in [-0.1, -0.05) is 0 Å². The Morgan fingerprint density at radius 2 is 1.65 bits per heavy atom. The molecule has 100 valence electrons. The van der Waals surface area contributed by atoms with Crippen molar-refractivity contribution in [1.29, 1.82) is 0 Å². The highest BCUT2D eigenvalue weighted by Gasteiger charge is 2.23. The lowest BCUT2D eigenvalue weighted by Gasteiger charge is -2.31. The van der Waals surface area contributed by atoms with Gasteiger partial charge in [0.25, 0.3) is 0 Å². The van der Waals surface area contributed by atoms with Gasteiger partial charge in [-0.2, -0.15) is 11.8 Å². The number of nitrogens with zero attached hydrogens (tertiary/aromatic N) is 1. The van der Waals surface area contributed by atoms with Crippen LogP contribution in [0.5, 0.6) is 0 Å². The van der Waals surface area contributed by atoms with Crippen LogP contribution in [0, 0.1) is 0 Å². The first-order chi connectivity index (χ1) is 8.28. The minimum Gasteiger partial charge on any atom is -0.311 e. The van der Waals surface area contributed by atoms with Gasteiger partial charge < -0.3 is 10.2 Å². The molecule has 1 saturated heterocycles. The second-order valence-electron chi connectivity index (χ2n) is 5.81. The average Bonchev–Trinajstić information content (AvgIpc) is 2.56. The Morgan fingerprint density at radius 3 is 2.35 bits per heavy atom. The van der Waals surface area contributed by atoms with Crippen molar-refractivity contribution in [3.8, 4) is 0 Å². The fraction of sp³-hybridized carbons (Fsp3) is 1.00. The van der Waals surface area contributed by atoms with Crippen molar-refractivity contribution in [1.82, 2.24) is 10.2 Å². The molecule has 1 heterocycles. The van der Waals surface area contributed by atoms with Crippen LogP contribution in [0.25, 0.3) is 0 Å². The molecular formula is C14H28N2S.